The van der Waals surface area contributed by atoms with Gasteiger partial charge >= 0.3 is 0 Å². The first-order valence-electron chi connectivity index (χ1n) is 12.2. The summed E-state index contributed by atoms with van der Waals surface area (Å²) in [6, 6.07) is 4.58. The van der Waals surface area contributed by atoms with Crippen LogP contribution in [0.3, 0.4) is 0 Å². The normalized spacial score (nSPS) is 25.2. The van der Waals surface area contributed by atoms with E-state index in [4.69, 9.17) is 9.47 Å². The second-order valence-electron chi connectivity index (χ2n) is 9.58. The number of nitrogens with one attached hydrogen (secondary N) is 1. The maximum atomic E-state index is 14.5. The van der Waals surface area contributed by atoms with Gasteiger partial charge in [0.15, 0.2) is 0 Å². The van der Waals surface area contributed by atoms with Gasteiger partial charge in [0.1, 0.15) is 11.6 Å². The van der Waals surface area contributed by atoms with Crippen molar-refractivity contribution in [1.29, 1.82) is 0 Å². The van der Waals surface area contributed by atoms with Crippen LogP contribution in [-0.4, -0.2) is 79.6 Å². The fourth-order valence-electron chi connectivity index (χ4n) is 5.31. The van der Waals surface area contributed by atoms with Gasteiger partial charge in [-0.25, -0.2) is 4.39 Å². The topological polar surface area (TPSA) is 88.2 Å². The largest absolute Gasteiger partial charge is 0.497 e. The minimum Gasteiger partial charge on any atom is -0.497 e. The molecule has 3 fully saturated rings. The number of morpholine rings is 1. The van der Waals surface area contributed by atoms with Crippen LogP contribution in [0.2, 0.25) is 0 Å². The van der Waals surface area contributed by atoms with E-state index in [1.165, 1.54) is 13.2 Å². The lowest BCUT2D eigenvalue weighted by atomic mass is 9.84. The van der Waals surface area contributed by atoms with Crippen LogP contribution >= 0.6 is 0 Å². The predicted molar refractivity (Wildman–Crippen MR) is 123 cm³/mol. The Bertz CT molecular complexity index is 920. The number of amides is 3. The molecule has 0 saturated carbocycles. The molecule has 0 aromatic heterocycles. The summed E-state index contributed by atoms with van der Waals surface area (Å²) in [5.41, 5.74) is -0.207. The molecular formula is C25H34FN3O5. The molecule has 3 amide bonds. The first-order valence-corrected chi connectivity index (χ1v) is 12.2. The van der Waals surface area contributed by atoms with Gasteiger partial charge in [-0.15, -0.1) is 0 Å². The minimum atomic E-state index is -0.668. The SMILES string of the molecule is COc1ccc(F)c(C[C@]2(CCC(=O)N3CCC[C@@H](C(=O)N4CCOCC4)C3)CCC(=O)N2)c1. The zero-order chi connectivity index (χ0) is 24.1. The molecule has 0 radical (unpaired) electrons. The van der Waals surface area contributed by atoms with Crippen molar-refractivity contribution < 1.29 is 28.2 Å². The van der Waals surface area contributed by atoms with E-state index >= 15 is 0 Å². The van der Waals surface area contributed by atoms with Crippen molar-refractivity contribution in [2.75, 3.05) is 46.5 Å². The van der Waals surface area contributed by atoms with Crippen molar-refractivity contribution in [2.24, 2.45) is 5.92 Å². The smallest absolute Gasteiger partial charge is 0.227 e. The number of likely N-dealkylation sites (tertiary alicyclic amines) is 1. The number of methoxy groups -OCH3 is 1. The van der Waals surface area contributed by atoms with Crippen LogP contribution in [0.1, 0.15) is 44.1 Å². The van der Waals surface area contributed by atoms with E-state index in [-0.39, 0.29) is 35.9 Å². The molecule has 3 heterocycles. The molecule has 4 rings (SSSR count). The van der Waals surface area contributed by atoms with Gasteiger partial charge in [0, 0.05) is 44.6 Å². The zero-order valence-electron chi connectivity index (χ0n) is 19.8. The monoisotopic (exact) mass is 475 g/mol. The van der Waals surface area contributed by atoms with E-state index in [0.717, 1.165) is 12.8 Å². The van der Waals surface area contributed by atoms with Crippen molar-refractivity contribution in [3.05, 3.63) is 29.6 Å². The third-order valence-corrected chi connectivity index (χ3v) is 7.28. The van der Waals surface area contributed by atoms with Crippen molar-refractivity contribution in [2.45, 2.75) is 50.5 Å². The Labute approximate surface area is 199 Å². The summed E-state index contributed by atoms with van der Waals surface area (Å²) in [5.74, 6) is 0.0241. The summed E-state index contributed by atoms with van der Waals surface area (Å²) < 4.78 is 25.1. The van der Waals surface area contributed by atoms with Gasteiger partial charge in [0.05, 0.1) is 26.2 Å². The van der Waals surface area contributed by atoms with E-state index in [1.807, 2.05) is 4.90 Å². The molecule has 186 valence electrons. The van der Waals surface area contributed by atoms with Gasteiger partial charge < -0.3 is 24.6 Å². The third-order valence-electron chi connectivity index (χ3n) is 7.28. The molecular weight excluding hydrogens is 441 g/mol. The Morgan fingerprint density at radius 2 is 2.03 bits per heavy atom. The number of hydrogen-bond acceptors (Lipinski definition) is 5. The van der Waals surface area contributed by atoms with Gasteiger partial charge in [-0.2, -0.15) is 0 Å². The van der Waals surface area contributed by atoms with Crippen LogP contribution in [-0.2, 0) is 25.5 Å². The van der Waals surface area contributed by atoms with E-state index < -0.39 is 5.54 Å². The highest BCUT2D eigenvalue weighted by atomic mass is 19.1. The number of carbonyl (C=O) groups excluding carboxylic acids is 3. The summed E-state index contributed by atoms with van der Waals surface area (Å²) in [6.45, 7) is 3.39. The fraction of sp³-hybridized carbons (Fsp3) is 0.640. The van der Waals surface area contributed by atoms with Crippen molar-refractivity contribution in [3.8, 4) is 5.75 Å². The molecule has 0 bridgehead atoms. The average Bonchev–Trinajstić information content (AvgIpc) is 3.24. The van der Waals surface area contributed by atoms with Crippen molar-refractivity contribution in [1.82, 2.24) is 15.1 Å². The third kappa shape index (κ3) is 5.68. The Kier molecular flexibility index (Phi) is 7.70. The number of carbonyl (C=O) groups is 3. The number of halogens is 1. The molecule has 1 aromatic carbocycles. The van der Waals surface area contributed by atoms with Crippen LogP contribution in [0.4, 0.5) is 4.39 Å². The van der Waals surface area contributed by atoms with Crippen LogP contribution in [0, 0.1) is 11.7 Å². The number of benzene rings is 1. The van der Waals surface area contributed by atoms with Crippen LogP contribution < -0.4 is 10.1 Å². The highest BCUT2D eigenvalue weighted by Gasteiger charge is 2.39. The molecule has 0 unspecified atom stereocenters. The molecule has 9 heteroatoms. The van der Waals surface area contributed by atoms with E-state index in [1.54, 1.807) is 17.0 Å². The Balaban J connectivity index is 1.38. The molecule has 0 spiro atoms. The molecule has 1 aromatic rings. The average molecular weight is 476 g/mol. The molecule has 3 saturated heterocycles. The number of hydrogen-bond donors (Lipinski definition) is 1. The Morgan fingerprint density at radius 3 is 2.74 bits per heavy atom. The first kappa shape index (κ1) is 24.4. The molecule has 2 atom stereocenters. The summed E-state index contributed by atoms with van der Waals surface area (Å²) in [6.07, 6.45) is 3.45. The van der Waals surface area contributed by atoms with Crippen molar-refractivity contribution in [3.63, 3.8) is 0 Å². The standard InChI is InChI=1S/C25H34FN3O5/c1-33-20-4-5-21(26)19(15-20)16-25(8-6-22(30)27-25)9-7-23(31)29-10-2-3-18(17-29)24(32)28-11-13-34-14-12-28/h4-5,15,18H,2-3,6-14,16-17H2,1H3,(H,27,30)/t18-,25-/m1/s1. The quantitative estimate of drug-likeness (QED) is 0.651. The number of nitrogens with zero attached hydrogens (tertiary/aromatic N) is 2. The summed E-state index contributed by atoms with van der Waals surface area (Å²) in [7, 11) is 1.53. The second-order valence-corrected chi connectivity index (χ2v) is 9.58. The predicted octanol–water partition coefficient (Wildman–Crippen LogP) is 1.90. The van der Waals surface area contributed by atoms with Gasteiger partial charge in [-0.1, -0.05) is 0 Å². The maximum Gasteiger partial charge on any atom is 0.227 e. The number of ether oxygens (including phenoxy) is 2. The van der Waals surface area contributed by atoms with E-state index in [0.29, 0.717) is 76.4 Å². The number of rotatable bonds is 7. The second kappa shape index (κ2) is 10.7. The highest BCUT2D eigenvalue weighted by Crippen LogP contribution is 2.32. The Morgan fingerprint density at radius 1 is 1.24 bits per heavy atom. The fourth-order valence-corrected chi connectivity index (χ4v) is 5.31. The first-order chi connectivity index (χ1) is 16.4. The van der Waals surface area contributed by atoms with Crippen LogP contribution in [0.25, 0.3) is 0 Å². The lowest BCUT2D eigenvalue weighted by Gasteiger charge is -2.37. The van der Waals surface area contributed by atoms with E-state index in [2.05, 4.69) is 5.32 Å². The van der Waals surface area contributed by atoms with Gasteiger partial charge in [-0.05, 0) is 55.9 Å². The van der Waals surface area contributed by atoms with Crippen LogP contribution in [0.15, 0.2) is 18.2 Å². The van der Waals surface area contributed by atoms with E-state index in [9.17, 15) is 18.8 Å². The lowest BCUT2D eigenvalue weighted by molar-refractivity contribution is -0.144. The molecule has 3 aliphatic rings. The summed E-state index contributed by atoms with van der Waals surface area (Å²) >= 11 is 0. The van der Waals surface area contributed by atoms with Gasteiger partial charge in [-0.3, -0.25) is 14.4 Å². The molecule has 3 aliphatic heterocycles. The highest BCUT2D eigenvalue weighted by molar-refractivity contribution is 5.82. The van der Waals surface area contributed by atoms with Crippen LogP contribution in [0.5, 0.6) is 5.75 Å². The molecule has 8 nitrogen and oxygen atoms in total. The zero-order valence-corrected chi connectivity index (χ0v) is 19.8. The molecule has 1 N–H and O–H groups in total. The van der Waals surface area contributed by atoms with Gasteiger partial charge in [0.25, 0.3) is 0 Å². The lowest BCUT2D eigenvalue weighted by Crippen LogP contribution is -2.50. The Hall–Kier alpha value is -2.68. The summed E-state index contributed by atoms with van der Waals surface area (Å²) in [5, 5.41) is 3.02. The maximum absolute atomic E-state index is 14.5. The molecule has 0 aliphatic carbocycles. The molecule has 34 heavy (non-hydrogen) atoms. The number of piperidine rings is 1. The summed E-state index contributed by atoms with van der Waals surface area (Å²) in [4.78, 5) is 41.7. The van der Waals surface area contributed by atoms with Gasteiger partial charge in [0.2, 0.25) is 17.7 Å². The minimum absolute atomic E-state index is 0.0221. The van der Waals surface area contributed by atoms with Crippen molar-refractivity contribution >= 4 is 17.7 Å².